The monoisotopic (exact) mass is 503 g/mol. The molecule has 0 bridgehead atoms. The van der Waals surface area contributed by atoms with E-state index in [1.165, 1.54) is 11.3 Å². The number of hydrazone groups is 1. The molecule has 6 rings (SSSR count). The van der Waals surface area contributed by atoms with E-state index in [0.717, 1.165) is 39.2 Å². The van der Waals surface area contributed by atoms with Crippen LogP contribution in [0.2, 0.25) is 0 Å². The van der Waals surface area contributed by atoms with Crippen molar-refractivity contribution in [1.29, 1.82) is 0 Å². The van der Waals surface area contributed by atoms with Gasteiger partial charge in [0.25, 0.3) is 5.91 Å². The molecule has 4 aromatic rings. The molecule has 1 amide bonds. The van der Waals surface area contributed by atoms with Gasteiger partial charge in [-0.05, 0) is 37.6 Å². The molecule has 1 unspecified atom stereocenters. The van der Waals surface area contributed by atoms with Gasteiger partial charge in [-0.2, -0.15) is 5.10 Å². The van der Waals surface area contributed by atoms with Crippen molar-refractivity contribution in [1.82, 2.24) is 24.5 Å². The van der Waals surface area contributed by atoms with E-state index < -0.39 is 6.04 Å². The van der Waals surface area contributed by atoms with Gasteiger partial charge in [-0.3, -0.25) is 9.78 Å². The van der Waals surface area contributed by atoms with Gasteiger partial charge in [0.15, 0.2) is 19.4 Å². The Morgan fingerprint density at radius 1 is 1.22 bits per heavy atom. The van der Waals surface area contributed by atoms with Gasteiger partial charge in [-0.25, -0.2) is 14.5 Å². The first kappa shape index (κ1) is 22.5. The maximum absolute atomic E-state index is 13.6. The van der Waals surface area contributed by atoms with Crippen LogP contribution in [0.4, 0.5) is 5.69 Å². The second-order valence-corrected chi connectivity index (χ2v) is 9.70. The fourth-order valence-corrected chi connectivity index (χ4v) is 5.36. The van der Waals surface area contributed by atoms with Gasteiger partial charge >= 0.3 is 0 Å². The predicted octanol–water partition coefficient (Wildman–Crippen LogP) is 3.37. The van der Waals surface area contributed by atoms with E-state index in [1.807, 2.05) is 60.8 Å². The number of hydrogen-bond donors (Lipinski definition) is 0. The van der Waals surface area contributed by atoms with Crippen LogP contribution in [0.1, 0.15) is 35.1 Å². The van der Waals surface area contributed by atoms with Crippen molar-refractivity contribution in [2.45, 2.75) is 32.7 Å². The molecule has 1 aromatic carbocycles. The van der Waals surface area contributed by atoms with Crippen LogP contribution in [0.5, 0.6) is 5.75 Å². The highest BCUT2D eigenvalue weighted by Gasteiger charge is 2.42. The molecule has 0 radical (unpaired) electrons. The lowest BCUT2D eigenvalue weighted by Gasteiger charge is -2.34. The molecule has 0 N–H and O–H groups in total. The first-order chi connectivity index (χ1) is 17.6. The maximum Gasteiger partial charge on any atom is 0.261 e. The number of rotatable bonds is 6. The van der Waals surface area contributed by atoms with Gasteiger partial charge in [0, 0.05) is 19.2 Å². The quantitative estimate of drug-likeness (QED) is 0.398. The highest BCUT2D eigenvalue weighted by atomic mass is 32.1. The van der Waals surface area contributed by atoms with E-state index >= 15 is 0 Å². The lowest BCUT2D eigenvalue weighted by Crippen LogP contribution is -2.46. The van der Waals surface area contributed by atoms with Crippen molar-refractivity contribution in [3.8, 4) is 5.75 Å². The van der Waals surface area contributed by atoms with Crippen LogP contribution >= 0.6 is 11.3 Å². The molecule has 0 spiro atoms. The number of aromatic nitrogens is 4. The molecule has 3 aromatic heterocycles. The molecule has 0 aliphatic carbocycles. The lowest BCUT2D eigenvalue weighted by molar-refractivity contribution is -0.135. The summed E-state index contributed by atoms with van der Waals surface area (Å²) in [7, 11) is 0. The van der Waals surface area contributed by atoms with Crippen molar-refractivity contribution in [3.63, 3.8) is 0 Å². The highest BCUT2D eigenvalue weighted by Crippen LogP contribution is 2.35. The summed E-state index contributed by atoms with van der Waals surface area (Å²) in [5, 5.41) is 12.1. The summed E-state index contributed by atoms with van der Waals surface area (Å²) in [5.41, 5.74) is 3.46. The third-order valence-electron chi connectivity index (χ3n) is 6.27. The zero-order valence-electron chi connectivity index (χ0n) is 20.0. The summed E-state index contributed by atoms with van der Waals surface area (Å²) in [6, 6.07) is 12.9. The standard InChI is InChI=1S/C25H25N7O3S/c1-3-18-20(10-7-12-26-18)34-14-21(33)30-13-11-19-22(32-25(27-19)36-16(2)28-32)23(30)24-29-31(15-35-24)17-8-5-4-6-9-17/h4-10,12,23H,3,11,13-15H2,1-2H3. The average molecular weight is 504 g/mol. The summed E-state index contributed by atoms with van der Waals surface area (Å²) >= 11 is 1.52. The van der Waals surface area contributed by atoms with Crippen molar-refractivity contribution in [2.24, 2.45) is 5.10 Å². The molecule has 36 heavy (non-hydrogen) atoms. The Labute approximate surface area is 211 Å². The molecule has 0 saturated heterocycles. The number of carbonyl (C=O) groups is 1. The number of imidazole rings is 1. The van der Waals surface area contributed by atoms with Gasteiger partial charge in [0.05, 0.1) is 22.8 Å². The Hall–Kier alpha value is -3.99. The minimum absolute atomic E-state index is 0.113. The number of para-hydroxylation sites is 1. The van der Waals surface area contributed by atoms with Crippen LogP contribution in [-0.2, 0) is 22.4 Å². The molecule has 10 nitrogen and oxygen atoms in total. The van der Waals surface area contributed by atoms with Gasteiger partial charge in [0.1, 0.15) is 10.8 Å². The molecule has 0 saturated carbocycles. The number of nitrogens with zero attached hydrogens (tertiary/aromatic N) is 7. The van der Waals surface area contributed by atoms with Crippen molar-refractivity contribution >= 4 is 33.8 Å². The summed E-state index contributed by atoms with van der Waals surface area (Å²) in [5.74, 6) is 0.897. The first-order valence-electron chi connectivity index (χ1n) is 11.9. The van der Waals surface area contributed by atoms with Crippen molar-refractivity contribution < 1.29 is 14.3 Å². The summed E-state index contributed by atoms with van der Waals surface area (Å²) in [6.07, 6.45) is 3.07. The summed E-state index contributed by atoms with van der Waals surface area (Å²) in [4.78, 5) is 25.3. The SMILES string of the molecule is CCc1ncccc1OCC(=O)N1CCc2nc3sc(C)nn3c2C1C1=NN(c2ccccc2)CO1. The van der Waals surface area contributed by atoms with Crippen LogP contribution in [0.15, 0.2) is 53.8 Å². The second kappa shape index (κ2) is 9.23. The zero-order chi connectivity index (χ0) is 24.6. The Bertz CT molecular complexity index is 1450. The minimum atomic E-state index is -0.561. The number of carbonyl (C=O) groups excluding carboxylic acids is 1. The van der Waals surface area contributed by atoms with Gasteiger partial charge in [0.2, 0.25) is 10.9 Å². The van der Waals surface area contributed by atoms with Gasteiger partial charge < -0.3 is 14.4 Å². The highest BCUT2D eigenvalue weighted by molar-refractivity contribution is 7.16. The number of amides is 1. The van der Waals surface area contributed by atoms with E-state index in [-0.39, 0.29) is 19.2 Å². The van der Waals surface area contributed by atoms with Crippen molar-refractivity contribution in [3.05, 3.63) is 70.8 Å². The van der Waals surface area contributed by atoms with Gasteiger partial charge in [-0.15, -0.1) is 5.10 Å². The average Bonchev–Trinajstić information content (AvgIpc) is 3.62. The second-order valence-electron chi connectivity index (χ2n) is 8.54. The summed E-state index contributed by atoms with van der Waals surface area (Å²) in [6.45, 7) is 4.58. The number of anilines is 1. The lowest BCUT2D eigenvalue weighted by atomic mass is 10.0. The predicted molar refractivity (Wildman–Crippen MR) is 135 cm³/mol. The van der Waals surface area contributed by atoms with Crippen LogP contribution in [0.3, 0.4) is 0 Å². The normalized spacial score (nSPS) is 17.2. The maximum atomic E-state index is 13.6. The number of fused-ring (bicyclic) bond motifs is 3. The first-order valence-corrected chi connectivity index (χ1v) is 12.7. The number of aryl methyl sites for hydroxylation is 2. The minimum Gasteiger partial charge on any atom is -0.482 e. The molecule has 2 aliphatic heterocycles. The molecular weight excluding hydrogens is 478 g/mol. The van der Waals surface area contributed by atoms with Gasteiger partial charge in [-0.1, -0.05) is 36.5 Å². The van der Waals surface area contributed by atoms with Crippen molar-refractivity contribution in [2.75, 3.05) is 24.9 Å². The Kier molecular flexibility index (Phi) is 5.76. The van der Waals surface area contributed by atoms with E-state index in [0.29, 0.717) is 24.6 Å². The Balaban J connectivity index is 1.35. The summed E-state index contributed by atoms with van der Waals surface area (Å²) < 4.78 is 13.8. The fraction of sp³-hybridized carbons (Fsp3) is 0.320. The Morgan fingerprint density at radius 3 is 2.92 bits per heavy atom. The molecular formula is C25H25N7O3S. The molecule has 0 fully saturated rings. The number of pyridine rings is 1. The zero-order valence-corrected chi connectivity index (χ0v) is 20.8. The van der Waals surface area contributed by atoms with E-state index in [2.05, 4.69) is 10.1 Å². The number of ether oxygens (including phenoxy) is 2. The number of hydrogen-bond acceptors (Lipinski definition) is 9. The third-order valence-corrected chi connectivity index (χ3v) is 7.10. The third kappa shape index (κ3) is 3.95. The van der Waals surface area contributed by atoms with E-state index in [4.69, 9.17) is 19.6 Å². The van der Waals surface area contributed by atoms with Crippen LogP contribution in [-0.4, -0.2) is 56.2 Å². The Morgan fingerprint density at radius 2 is 2.08 bits per heavy atom. The molecule has 11 heteroatoms. The van der Waals surface area contributed by atoms with Crippen LogP contribution in [0, 0.1) is 6.92 Å². The molecule has 2 aliphatic rings. The van der Waals surface area contributed by atoms with Crippen LogP contribution < -0.4 is 9.75 Å². The van der Waals surface area contributed by atoms with E-state index in [1.54, 1.807) is 16.1 Å². The van der Waals surface area contributed by atoms with Crippen LogP contribution in [0.25, 0.3) is 4.96 Å². The smallest absolute Gasteiger partial charge is 0.261 e. The molecule has 1 atom stereocenters. The van der Waals surface area contributed by atoms with E-state index in [9.17, 15) is 4.79 Å². The molecule has 184 valence electrons. The largest absolute Gasteiger partial charge is 0.482 e. The number of benzene rings is 1. The molecule has 5 heterocycles. The topological polar surface area (TPSA) is 97.5 Å². The fourth-order valence-electron chi connectivity index (χ4n) is 4.59.